The predicted octanol–water partition coefficient (Wildman–Crippen LogP) is 3.91. The summed E-state index contributed by atoms with van der Waals surface area (Å²) >= 11 is 0. The van der Waals surface area contributed by atoms with Gasteiger partial charge < -0.3 is 9.64 Å². The minimum absolute atomic E-state index is 0.188. The number of anilines is 1. The summed E-state index contributed by atoms with van der Waals surface area (Å²) in [5, 5.41) is 4.91. The van der Waals surface area contributed by atoms with Gasteiger partial charge in [-0.05, 0) is 57.9 Å². The van der Waals surface area contributed by atoms with Gasteiger partial charge in [-0.2, -0.15) is 5.10 Å². The van der Waals surface area contributed by atoms with Gasteiger partial charge in [0.1, 0.15) is 23.3 Å². The van der Waals surface area contributed by atoms with E-state index >= 15 is 4.39 Å². The molecule has 1 atom stereocenters. The molecule has 4 heterocycles. The maximum absolute atomic E-state index is 15.2. The van der Waals surface area contributed by atoms with Crippen LogP contribution in [0.4, 0.5) is 10.1 Å². The topological polar surface area (TPSA) is 87.2 Å². The van der Waals surface area contributed by atoms with Crippen molar-refractivity contribution in [2.45, 2.75) is 75.7 Å². The smallest absolute Gasteiger partial charge is 0.276 e. The second-order valence-corrected chi connectivity index (χ2v) is 11.1. The zero-order valence-corrected chi connectivity index (χ0v) is 22.1. The summed E-state index contributed by atoms with van der Waals surface area (Å²) in [7, 11) is 1.69. The molecular weight excluding hydrogens is 487 g/mol. The Hall–Kier alpha value is -3.27. The molecule has 0 spiro atoms. The van der Waals surface area contributed by atoms with Crippen molar-refractivity contribution in [2.75, 3.05) is 24.6 Å². The zero-order chi connectivity index (χ0) is 26.6. The Morgan fingerprint density at radius 1 is 1.18 bits per heavy atom. The van der Waals surface area contributed by atoms with Crippen LogP contribution < -0.4 is 16.0 Å². The van der Waals surface area contributed by atoms with Gasteiger partial charge in [0, 0.05) is 37.9 Å². The van der Waals surface area contributed by atoms with Crippen LogP contribution in [0.3, 0.4) is 0 Å². The van der Waals surface area contributed by atoms with Gasteiger partial charge in [0.25, 0.3) is 11.1 Å². The van der Waals surface area contributed by atoms with Crippen LogP contribution in [-0.4, -0.2) is 49.3 Å². The lowest BCUT2D eigenvalue weighted by atomic mass is 9.81. The number of ether oxygens (including phenoxy) is 1. The lowest BCUT2D eigenvalue weighted by Gasteiger charge is -2.36. The number of morpholine rings is 1. The average Bonchev–Trinajstić information content (AvgIpc) is 3.64. The van der Waals surface area contributed by atoms with Gasteiger partial charge in [0.2, 0.25) is 0 Å². The molecule has 6 rings (SSSR count). The van der Waals surface area contributed by atoms with Crippen LogP contribution in [0, 0.1) is 6.92 Å². The molecule has 3 aromatic rings. The lowest BCUT2D eigenvalue weighted by molar-refractivity contribution is 0.0396. The Bertz CT molecular complexity index is 1490. The minimum Gasteiger partial charge on any atom is -0.370 e. The zero-order valence-electron chi connectivity index (χ0n) is 22.1. The van der Waals surface area contributed by atoms with Crippen LogP contribution in [-0.2, 0) is 11.8 Å². The fraction of sp³-hybridized carbons (Fsp3) is 0.571. The summed E-state index contributed by atoms with van der Waals surface area (Å²) in [6.45, 7) is 6.93. The second kappa shape index (κ2) is 9.48. The summed E-state index contributed by atoms with van der Waals surface area (Å²) in [4.78, 5) is 34.2. The van der Waals surface area contributed by atoms with Gasteiger partial charge >= 0.3 is 0 Å². The number of hydrogen-bond donors (Lipinski definition) is 0. The molecule has 10 heteroatoms. The lowest BCUT2D eigenvalue weighted by Crippen LogP contribution is -2.43. The maximum atomic E-state index is 15.2. The Morgan fingerprint density at radius 3 is 2.66 bits per heavy atom. The van der Waals surface area contributed by atoms with Crippen molar-refractivity contribution in [1.82, 2.24) is 23.9 Å². The Morgan fingerprint density at radius 2 is 1.95 bits per heavy atom. The summed E-state index contributed by atoms with van der Waals surface area (Å²) in [5.74, 6) is 0.532. The Labute approximate surface area is 220 Å². The van der Waals surface area contributed by atoms with E-state index in [0.29, 0.717) is 80.4 Å². The molecule has 9 nitrogen and oxygen atoms in total. The van der Waals surface area contributed by atoms with Crippen molar-refractivity contribution in [1.29, 1.82) is 0 Å². The van der Waals surface area contributed by atoms with E-state index in [-0.39, 0.29) is 23.3 Å². The number of pyridine rings is 1. The molecule has 0 radical (unpaired) electrons. The van der Waals surface area contributed by atoms with Gasteiger partial charge in [0.15, 0.2) is 5.65 Å². The third-order valence-corrected chi connectivity index (χ3v) is 8.52. The number of hydrogen-bond acceptors (Lipinski definition) is 6. The minimum atomic E-state index is -1.29. The Balaban J connectivity index is 1.40. The largest absolute Gasteiger partial charge is 0.370 e. The van der Waals surface area contributed by atoms with Crippen molar-refractivity contribution < 1.29 is 9.13 Å². The van der Waals surface area contributed by atoms with Gasteiger partial charge in [-0.1, -0.05) is 6.08 Å². The molecule has 1 aliphatic heterocycles. The van der Waals surface area contributed by atoms with Crippen LogP contribution in [0.2, 0.25) is 0 Å². The molecular formula is C28H35FN6O3. The SMILES string of the molecule is C=CCC1(F)CCC(n2c(=O)c(N3CCO[C@@H](c4cnn(C5CC5)c4)C3)cc3c(=O)n(C)c(C)nc32)CC1. The first kappa shape index (κ1) is 25.0. The van der Waals surface area contributed by atoms with E-state index < -0.39 is 5.67 Å². The van der Waals surface area contributed by atoms with Crippen molar-refractivity contribution in [3.8, 4) is 0 Å². The number of halogens is 1. The molecule has 202 valence electrons. The van der Waals surface area contributed by atoms with Crippen molar-refractivity contribution in [3.63, 3.8) is 0 Å². The van der Waals surface area contributed by atoms with E-state index in [9.17, 15) is 9.59 Å². The highest BCUT2D eigenvalue weighted by molar-refractivity contribution is 5.78. The predicted molar refractivity (Wildman–Crippen MR) is 144 cm³/mol. The highest BCUT2D eigenvalue weighted by atomic mass is 19.1. The van der Waals surface area contributed by atoms with Crippen molar-refractivity contribution >= 4 is 16.7 Å². The molecule has 3 aliphatic rings. The van der Waals surface area contributed by atoms with Gasteiger partial charge in [0.05, 0.1) is 24.2 Å². The molecule has 3 aromatic heterocycles. The number of fused-ring (bicyclic) bond motifs is 1. The van der Waals surface area contributed by atoms with Crippen LogP contribution in [0.5, 0.6) is 0 Å². The number of alkyl halides is 1. The molecule has 0 unspecified atom stereocenters. The van der Waals surface area contributed by atoms with E-state index in [1.165, 1.54) is 4.57 Å². The standard InChI is InChI=1S/C28H35FN6O3/c1-4-9-28(29)10-7-21(8-11-28)35-25-22(26(36)32(3)18(2)31-25)14-23(27(35)37)33-12-13-38-24(17-33)19-15-30-34(16-19)20-5-6-20/h4,14-16,20-21,24H,1,5-13,17H2,2-3H3/t21?,24-,28?/m1/s1. The first-order valence-corrected chi connectivity index (χ1v) is 13.6. The van der Waals surface area contributed by atoms with Gasteiger partial charge in [-0.15, -0.1) is 6.58 Å². The number of nitrogens with zero attached hydrogens (tertiary/aromatic N) is 6. The fourth-order valence-corrected chi connectivity index (χ4v) is 5.97. The Kier molecular flexibility index (Phi) is 6.25. The summed E-state index contributed by atoms with van der Waals surface area (Å²) in [6, 6.07) is 1.94. The van der Waals surface area contributed by atoms with Crippen LogP contribution in [0.15, 0.2) is 40.7 Å². The van der Waals surface area contributed by atoms with E-state index in [0.717, 1.165) is 18.4 Å². The van der Waals surface area contributed by atoms with E-state index in [1.54, 1.807) is 30.7 Å². The van der Waals surface area contributed by atoms with Gasteiger partial charge in [-0.3, -0.25) is 23.4 Å². The highest BCUT2D eigenvalue weighted by Gasteiger charge is 2.37. The maximum Gasteiger partial charge on any atom is 0.276 e. The quantitative estimate of drug-likeness (QED) is 0.456. The number of aryl methyl sites for hydroxylation is 1. The van der Waals surface area contributed by atoms with Gasteiger partial charge in [-0.25, -0.2) is 9.37 Å². The molecule has 0 bridgehead atoms. The van der Waals surface area contributed by atoms with E-state index in [2.05, 4.69) is 16.7 Å². The third kappa shape index (κ3) is 4.38. The fourth-order valence-electron chi connectivity index (χ4n) is 5.97. The summed E-state index contributed by atoms with van der Waals surface area (Å²) in [5.41, 5.74) is 0.162. The van der Waals surface area contributed by atoms with Crippen LogP contribution >= 0.6 is 0 Å². The van der Waals surface area contributed by atoms with E-state index in [4.69, 9.17) is 4.74 Å². The normalized spacial score (nSPS) is 26.1. The molecule has 1 saturated heterocycles. The van der Waals surface area contributed by atoms with Crippen LogP contribution in [0.1, 0.15) is 74.5 Å². The number of rotatable bonds is 6. The summed E-state index contributed by atoms with van der Waals surface area (Å²) < 4.78 is 26.5. The number of allylic oxidation sites excluding steroid dienone is 1. The molecule has 0 N–H and O–H groups in total. The number of aromatic nitrogens is 5. The van der Waals surface area contributed by atoms with Crippen molar-refractivity contribution in [3.05, 3.63) is 63.2 Å². The van der Waals surface area contributed by atoms with Crippen LogP contribution in [0.25, 0.3) is 11.0 Å². The molecule has 2 aliphatic carbocycles. The highest BCUT2D eigenvalue weighted by Crippen LogP contribution is 2.40. The monoisotopic (exact) mass is 522 g/mol. The molecule has 0 aromatic carbocycles. The average molecular weight is 523 g/mol. The molecule has 38 heavy (non-hydrogen) atoms. The summed E-state index contributed by atoms with van der Waals surface area (Å²) in [6.07, 6.45) is 9.60. The first-order valence-electron chi connectivity index (χ1n) is 13.6. The molecule has 3 fully saturated rings. The first-order chi connectivity index (χ1) is 18.3. The van der Waals surface area contributed by atoms with E-state index in [1.807, 2.05) is 22.0 Å². The molecule has 2 saturated carbocycles. The molecule has 0 amide bonds. The van der Waals surface area contributed by atoms with Crippen molar-refractivity contribution in [2.24, 2.45) is 7.05 Å². The second-order valence-electron chi connectivity index (χ2n) is 11.1. The third-order valence-electron chi connectivity index (χ3n) is 8.52.